The summed E-state index contributed by atoms with van der Waals surface area (Å²) < 4.78 is 0. The van der Waals surface area contributed by atoms with Gasteiger partial charge >= 0.3 is 0 Å². The van der Waals surface area contributed by atoms with Crippen molar-refractivity contribution in [2.24, 2.45) is 0 Å². The van der Waals surface area contributed by atoms with E-state index in [9.17, 15) is 4.79 Å². The number of benzene rings is 2. The molecule has 1 amide bonds. The summed E-state index contributed by atoms with van der Waals surface area (Å²) in [5, 5.41) is 0. The lowest BCUT2D eigenvalue weighted by Gasteiger charge is -2.23. The molecular weight excluding hydrogens is 236 g/mol. The van der Waals surface area contributed by atoms with Gasteiger partial charge in [-0.2, -0.15) is 0 Å². The zero-order valence-corrected chi connectivity index (χ0v) is 10.8. The smallest absolute Gasteiger partial charge is 0.258 e. The van der Waals surface area contributed by atoms with Gasteiger partial charge in [-0.25, -0.2) is 0 Å². The summed E-state index contributed by atoms with van der Waals surface area (Å²) in [4.78, 5) is 14.5. The molecule has 1 atom stereocenters. The average Bonchev–Trinajstić information content (AvgIpc) is 2.74. The molecule has 19 heavy (non-hydrogen) atoms. The van der Waals surface area contributed by atoms with Gasteiger partial charge in [0.15, 0.2) is 0 Å². The average molecular weight is 252 g/mol. The highest BCUT2D eigenvalue weighted by Crippen LogP contribution is 2.34. The van der Waals surface area contributed by atoms with Gasteiger partial charge < -0.3 is 10.6 Å². The van der Waals surface area contributed by atoms with Gasteiger partial charge in [0.25, 0.3) is 5.91 Å². The first kappa shape index (κ1) is 11.8. The van der Waals surface area contributed by atoms with Crippen molar-refractivity contribution in [1.29, 1.82) is 0 Å². The molecule has 0 aliphatic carbocycles. The van der Waals surface area contributed by atoms with Crippen LogP contribution in [0.5, 0.6) is 0 Å². The minimum absolute atomic E-state index is 0.0393. The quantitative estimate of drug-likeness (QED) is 0.793. The van der Waals surface area contributed by atoms with Crippen LogP contribution in [-0.2, 0) is 6.42 Å². The lowest BCUT2D eigenvalue weighted by molar-refractivity contribution is 0.0981. The number of rotatable bonds is 1. The summed E-state index contributed by atoms with van der Waals surface area (Å²) in [6.45, 7) is 2.07. The Morgan fingerprint density at radius 2 is 1.95 bits per heavy atom. The Labute approximate surface area is 112 Å². The molecule has 0 aromatic heterocycles. The van der Waals surface area contributed by atoms with Gasteiger partial charge in [0.2, 0.25) is 0 Å². The summed E-state index contributed by atoms with van der Waals surface area (Å²) in [6.07, 6.45) is 0.883. The molecule has 0 bridgehead atoms. The molecule has 0 saturated carbocycles. The molecule has 0 fully saturated rings. The number of hydrogen-bond donors (Lipinski definition) is 1. The normalized spacial score (nSPS) is 17.3. The van der Waals surface area contributed by atoms with E-state index in [0.29, 0.717) is 11.3 Å². The fourth-order valence-corrected chi connectivity index (χ4v) is 2.65. The van der Waals surface area contributed by atoms with Gasteiger partial charge in [-0.3, -0.25) is 4.79 Å². The maximum Gasteiger partial charge on any atom is 0.258 e. The molecule has 0 saturated heterocycles. The van der Waals surface area contributed by atoms with E-state index in [2.05, 4.69) is 6.92 Å². The van der Waals surface area contributed by atoms with Crippen LogP contribution in [0.4, 0.5) is 11.4 Å². The van der Waals surface area contributed by atoms with Gasteiger partial charge in [0.05, 0.1) is 0 Å². The Morgan fingerprint density at radius 3 is 2.68 bits per heavy atom. The van der Waals surface area contributed by atoms with Crippen molar-refractivity contribution < 1.29 is 4.79 Å². The first-order chi connectivity index (χ1) is 9.16. The third-order valence-electron chi connectivity index (χ3n) is 3.56. The van der Waals surface area contributed by atoms with E-state index in [0.717, 1.165) is 12.1 Å². The Morgan fingerprint density at radius 1 is 1.21 bits per heavy atom. The number of nitrogens with two attached hydrogens (primary N) is 1. The van der Waals surface area contributed by atoms with Gasteiger partial charge in [-0.1, -0.05) is 24.3 Å². The maximum absolute atomic E-state index is 12.6. The number of hydrogen-bond acceptors (Lipinski definition) is 2. The van der Waals surface area contributed by atoms with E-state index in [1.165, 1.54) is 5.56 Å². The zero-order chi connectivity index (χ0) is 13.4. The number of carbonyl (C=O) groups excluding carboxylic acids is 1. The summed E-state index contributed by atoms with van der Waals surface area (Å²) in [6, 6.07) is 15.3. The highest BCUT2D eigenvalue weighted by molar-refractivity contribution is 6.08. The molecule has 2 N–H and O–H groups in total. The monoisotopic (exact) mass is 252 g/mol. The fraction of sp³-hybridized carbons (Fsp3) is 0.188. The lowest BCUT2D eigenvalue weighted by atomic mass is 10.1. The number of fused-ring (bicyclic) bond motifs is 1. The molecule has 2 aromatic rings. The molecule has 3 nitrogen and oxygen atoms in total. The minimum Gasteiger partial charge on any atom is -0.399 e. The van der Waals surface area contributed by atoms with E-state index in [-0.39, 0.29) is 11.9 Å². The van der Waals surface area contributed by atoms with Crippen LogP contribution in [0.1, 0.15) is 22.8 Å². The molecule has 1 aliphatic rings. The molecular formula is C16H16N2O. The molecule has 0 spiro atoms. The summed E-state index contributed by atoms with van der Waals surface area (Å²) in [5.74, 6) is 0.0393. The molecule has 2 aromatic carbocycles. The van der Waals surface area contributed by atoms with Crippen LogP contribution in [-0.4, -0.2) is 11.9 Å². The number of nitrogens with zero attached hydrogens (tertiary/aromatic N) is 1. The van der Waals surface area contributed by atoms with Crippen molar-refractivity contribution in [2.45, 2.75) is 19.4 Å². The largest absolute Gasteiger partial charge is 0.399 e. The minimum atomic E-state index is 0.0393. The van der Waals surface area contributed by atoms with E-state index < -0.39 is 0 Å². The predicted octanol–water partition coefficient (Wildman–Crippen LogP) is 2.86. The van der Waals surface area contributed by atoms with E-state index in [1.54, 1.807) is 0 Å². The number of anilines is 2. The molecule has 96 valence electrons. The summed E-state index contributed by atoms with van der Waals surface area (Å²) in [7, 11) is 0. The van der Waals surface area contributed by atoms with Crippen LogP contribution in [0.25, 0.3) is 0 Å². The zero-order valence-electron chi connectivity index (χ0n) is 10.8. The highest BCUT2D eigenvalue weighted by atomic mass is 16.2. The number of carbonyl (C=O) groups is 1. The van der Waals surface area contributed by atoms with Crippen LogP contribution < -0.4 is 10.6 Å². The molecule has 0 radical (unpaired) electrons. The van der Waals surface area contributed by atoms with Crippen molar-refractivity contribution in [3.05, 3.63) is 59.7 Å². The van der Waals surface area contributed by atoms with E-state index in [4.69, 9.17) is 5.73 Å². The fourth-order valence-electron chi connectivity index (χ4n) is 2.65. The molecule has 3 heteroatoms. The molecule has 1 heterocycles. The van der Waals surface area contributed by atoms with Gasteiger partial charge in [-0.05, 0) is 43.2 Å². The topological polar surface area (TPSA) is 46.3 Å². The van der Waals surface area contributed by atoms with E-state index in [1.807, 2.05) is 53.4 Å². The Kier molecular flexibility index (Phi) is 2.75. The predicted molar refractivity (Wildman–Crippen MR) is 77.3 cm³/mol. The van der Waals surface area contributed by atoms with Gasteiger partial charge in [-0.15, -0.1) is 0 Å². The third-order valence-corrected chi connectivity index (χ3v) is 3.56. The van der Waals surface area contributed by atoms with Gasteiger partial charge in [0.1, 0.15) is 0 Å². The second-order valence-corrected chi connectivity index (χ2v) is 4.98. The summed E-state index contributed by atoms with van der Waals surface area (Å²) >= 11 is 0. The van der Waals surface area contributed by atoms with E-state index >= 15 is 0 Å². The lowest BCUT2D eigenvalue weighted by Crippen LogP contribution is -2.35. The SMILES string of the molecule is C[C@@H]1Cc2ccc(N)cc2N1C(=O)c1ccccc1. The molecule has 0 unspecified atom stereocenters. The van der Waals surface area contributed by atoms with Crippen LogP contribution in [0.3, 0.4) is 0 Å². The highest BCUT2D eigenvalue weighted by Gasteiger charge is 2.31. The van der Waals surface area contributed by atoms with Crippen molar-refractivity contribution in [2.75, 3.05) is 10.6 Å². The van der Waals surface area contributed by atoms with Crippen LogP contribution >= 0.6 is 0 Å². The van der Waals surface area contributed by atoms with Crippen LogP contribution in [0.2, 0.25) is 0 Å². The van der Waals surface area contributed by atoms with Crippen molar-refractivity contribution in [3.63, 3.8) is 0 Å². The Bertz CT molecular complexity index is 622. The third kappa shape index (κ3) is 1.97. The second-order valence-electron chi connectivity index (χ2n) is 4.98. The second kappa shape index (κ2) is 4.43. The molecule has 1 aliphatic heterocycles. The van der Waals surface area contributed by atoms with Gasteiger partial charge in [0, 0.05) is 23.0 Å². The Balaban J connectivity index is 2.02. The van der Waals surface area contributed by atoms with Crippen molar-refractivity contribution in [3.8, 4) is 0 Å². The van der Waals surface area contributed by atoms with Crippen LogP contribution in [0, 0.1) is 0 Å². The number of nitrogen functional groups attached to an aromatic ring is 1. The summed E-state index contributed by atoms with van der Waals surface area (Å²) in [5.41, 5.74) is 9.38. The standard InChI is InChI=1S/C16H16N2O/c1-11-9-13-7-8-14(17)10-15(13)18(11)16(19)12-5-3-2-4-6-12/h2-8,10-11H,9,17H2,1H3/t11-/m1/s1. The first-order valence-corrected chi connectivity index (χ1v) is 6.44. The Hall–Kier alpha value is -2.29. The molecule has 3 rings (SSSR count). The van der Waals surface area contributed by atoms with Crippen LogP contribution in [0.15, 0.2) is 48.5 Å². The van der Waals surface area contributed by atoms with Crippen molar-refractivity contribution in [1.82, 2.24) is 0 Å². The first-order valence-electron chi connectivity index (χ1n) is 6.44. The number of amides is 1. The van der Waals surface area contributed by atoms with Crippen molar-refractivity contribution >= 4 is 17.3 Å². The maximum atomic E-state index is 12.6.